The number of hydrogen-bond donors (Lipinski definition) is 0. The summed E-state index contributed by atoms with van der Waals surface area (Å²) in [6.45, 7) is 7.50. The molecule has 23 heavy (non-hydrogen) atoms. The number of likely N-dealkylation sites (tertiary alicyclic amines) is 1. The van der Waals surface area contributed by atoms with Crippen molar-refractivity contribution in [2.75, 3.05) is 26.7 Å². The van der Waals surface area contributed by atoms with Gasteiger partial charge >= 0.3 is 0 Å². The molecule has 130 valence electrons. The molecule has 0 amide bonds. The summed E-state index contributed by atoms with van der Waals surface area (Å²) in [5, 5.41) is 3.91. The lowest BCUT2D eigenvalue weighted by Crippen LogP contribution is -2.40. The molecule has 0 radical (unpaired) electrons. The van der Waals surface area contributed by atoms with Gasteiger partial charge in [-0.1, -0.05) is 5.16 Å². The molecule has 0 atom stereocenters. The van der Waals surface area contributed by atoms with Gasteiger partial charge in [-0.2, -0.15) is 0 Å². The maximum Gasteiger partial charge on any atom is 0.216 e. The van der Waals surface area contributed by atoms with E-state index in [0.717, 1.165) is 56.8 Å². The second-order valence-electron chi connectivity index (χ2n) is 7.05. The van der Waals surface area contributed by atoms with Crippen molar-refractivity contribution in [3.8, 4) is 0 Å². The Morgan fingerprint density at radius 3 is 2.39 bits per heavy atom. The third kappa shape index (κ3) is 3.78. The molecule has 2 aliphatic rings. The summed E-state index contributed by atoms with van der Waals surface area (Å²) in [4.78, 5) is 2.42. The molecule has 2 fully saturated rings. The topological polar surface area (TPSA) is 66.7 Å². The molecule has 1 aromatic rings. The fourth-order valence-electron chi connectivity index (χ4n) is 3.37. The molecular weight excluding hydrogens is 314 g/mol. The van der Waals surface area contributed by atoms with Gasteiger partial charge in [-0.25, -0.2) is 12.7 Å². The van der Waals surface area contributed by atoms with E-state index in [4.69, 9.17) is 4.52 Å². The number of hydrogen-bond acceptors (Lipinski definition) is 5. The number of sulfonamides is 1. The highest BCUT2D eigenvalue weighted by Gasteiger charge is 2.39. The summed E-state index contributed by atoms with van der Waals surface area (Å²) in [6, 6.07) is 0. The highest BCUT2D eigenvalue weighted by Crippen LogP contribution is 2.31. The second kappa shape index (κ2) is 6.53. The van der Waals surface area contributed by atoms with Gasteiger partial charge in [-0.05, 0) is 58.5 Å². The highest BCUT2D eigenvalue weighted by atomic mass is 32.2. The summed E-state index contributed by atoms with van der Waals surface area (Å²) in [5.41, 5.74) is 2.16. The van der Waals surface area contributed by atoms with Crippen LogP contribution in [-0.4, -0.2) is 54.7 Å². The Morgan fingerprint density at radius 2 is 1.87 bits per heavy atom. The highest BCUT2D eigenvalue weighted by molar-refractivity contribution is 7.90. The van der Waals surface area contributed by atoms with Crippen LogP contribution in [0.3, 0.4) is 0 Å². The Labute approximate surface area is 138 Å². The van der Waals surface area contributed by atoms with Crippen molar-refractivity contribution < 1.29 is 12.9 Å². The second-order valence-corrected chi connectivity index (χ2v) is 9.37. The Kier molecular flexibility index (Phi) is 4.80. The Morgan fingerprint density at radius 1 is 1.22 bits per heavy atom. The molecule has 2 heterocycles. The first-order valence-electron chi connectivity index (χ1n) is 8.47. The average Bonchev–Trinajstić information content (AvgIpc) is 3.32. The Balaban J connectivity index is 1.49. The molecule has 0 N–H and O–H groups in total. The van der Waals surface area contributed by atoms with Gasteiger partial charge < -0.3 is 4.52 Å². The van der Waals surface area contributed by atoms with Gasteiger partial charge in [0.1, 0.15) is 5.76 Å². The molecule has 0 spiro atoms. The van der Waals surface area contributed by atoms with E-state index in [0.29, 0.717) is 12.5 Å². The number of aryl methyl sites for hydroxylation is 2. The molecule has 0 bridgehead atoms. The number of piperidine rings is 1. The minimum atomic E-state index is -3.03. The van der Waals surface area contributed by atoms with E-state index in [1.54, 1.807) is 11.4 Å². The smallest absolute Gasteiger partial charge is 0.216 e. The normalized spacial score (nSPS) is 21.2. The fourth-order valence-corrected chi connectivity index (χ4v) is 5.03. The van der Waals surface area contributed by atoms with Crippen molar-refractivity contribution in [2.45, 2.75) is 51.3 Å². The van der Waals surface area contributed by atoms with Gasteiger partial charge in [0.25, 0.3) is 0 Å². The van der Waals surface area contributed by atoms with Crippen LogP contribution in [0.2, 0.25) is 0 Å². The fraction of sp³-hybridized carbons (Fsp3) is 0.812. The zero-order valence-corrected chi connectivity index (χ0v) is 15.1. The van der Waals surface area contributed by atoms with Crippen LogP contribution in [0.25, 0.3) is 0 Å². The van der Waals surface area contributed by atoms with E-state index in [1.807, 2.05) is 13.8 Å². The molecule has 1 aliphatic carbocycles. The van der Waals surface area contributed by atoms with E-state index in [2.05, 4.69) is 10.1 Å². The molecular formula is C16H27N3O3S. The molecule has 0 aromatic carbocycles. The summed E-state index contributed by atoms with van der Waals surface area (Å²) < 4.78 is 31.3. The standard InChI is InChI=1S/C16H27N3O3S/c1-12-16(13(2)22-17-12)11-19-8-6-14(7-9-19)10-18(3)23(20,21)15-4-5-15/h14-15H,4-11H2,1-3H3. The van der Waals surface area contributed by atoms with Crippen molar-refractivity contribution in [3.63, 3.8) is 0 Å². The van der Waals surface area contributed by atoms with Crippen LogP contribution in [0.4, 0.5) is 0 Å². The first-order chi connectivity index (χ1) is 10.9. The molecule has 0 unspecified atom stereocenters. The van der Waals surface area contributed by atoms with E-state index < -0.39 is 10.0 Å². The molecule has 1 saturated carbocycles. The molecule has 3 rings (SSSR count). The first kappa shape index (κ1) is 16.9. The maximum absolute atomic E-state index is 12.2. The monoisotopic (exact) mass is 341 g/mol. The molecule has 1 aliphatic heterocycles. The minimum Gasteiger partial charge on any atom is -0.361 e. The van der Waals surface area contributed by atoms with Crippen molar-refractivity contribution in [3.05, 3.63) is 17.0 Å². The van der Waals surface area contributed by atoms with E-state index in [1.165, 1.54) is 5.56 Å². The lowest BCUT2D eigenvalue weighted by molar-refractivity contribution is 0.165. The largest absolute Gasteiger partial charge is 0.361 e. The van der Waals surface area contributed by atoms with Gasteiger partial charge in [-0.15, -0.1) is 0 Å². The molecule has 1 aromatic heterocycles. The van der Waals surface area contributed by atoms with Crippen molar-refractivity contribution in [2.24, 2.45) is 5.92 Å². The van der Waals surface area contributed by atoms with Gasteiger partial charge in [0.15, 0.2) is 0 Å². The summed E-state index contributed by atoms with van der Waals surface area (Å²) in [6.07, 6.45) is 3.77. The lowest BCUT2D eigenvalue weighted by Gasteiger charge is -2.33. The average molecular weight is 341 g/mol. The van der Waals surface area contributed by atoms with Crippen molar-refractivity contribution in [1.82, 2.24) is 14.4 Å². The Hall–Kier alpha value is -0.920. The van der Waals surface area contributed by atoms with Crippen LogP contribution in [-0.2, 0) is 16.6 Å². The van der Waals surface area contributed by atoms with E-state index >= 15 is 0 Å². The van der Waals surface area contributed by atoms with Crippen LogP contribution in [0.5, 0.6) is 0 Å². The minimum absolute atomic E-state index is 0.105. The quantitative estimate of drug-likeness (QED) is 0.791. The van der Waals surface area contributed by atoms with Crippen molar-refractivity contribution in [1.29, 1.82) is 0 Å². The number of rotatable bonds is 6. The van der Waals surface area contributed by atoms with Crippen LogP contribution in [0.1, 0.15) is 42.7 Å². The van der Waals surface area contributed by atoms with Crippen LogP contribution < -0.4 is 0 Å². The van der Waals surface area contributed by atoms with Crippen LogP contribution in [0.15, 0.2) is 4.52 Å². The molecule has 1 saturated heterocycles. The third-order valence-corrected chi connectivity index (χ3v) is 7.50. The van der Waals surface area contributed by atoms with Gasteiger partial charge in [0.2, 0.25) is 10.0 Å². The van der Waals surface area contributed by atoms with Crippen molar-refractivity contribution >= 4 is 10.0 Å². The zero-order valence-electron chi connectivity index (χ0n) is 14.3. The molecule has 7 heteroatoms. The third-order valence-electron chi connectivity index (χ3n) is 5.17. The lowest BCUT2D eigenvalue weighted by atomic mass is 9.96. The van der Waals surface area contributed by atoms with Gasteiger partial charge in [-0.3, -0.25) is 4.90 Å². The summed E-state index contributed by atoms with van der Waals surface area (Å²) in [5.74, 6) is 1.37. The van der Waals surface area contributed by atoms with Crippen LogP contribution in [0, 0.1) is 19.8 Å². The summed E-state index contributed by atoms with van der Waals surface area (Å²) in [7, 11) is -1.29. The Bertz CT molecular complexity index is 624. The van der Waals surface area contributed by atoms with Crippen LogP contribution >= 0.6 is 0 Å². The predicted octanol–water partition coefficient (Wildman–Crippen LogP) is 1.93. The predicted molar refractivity (Wildman–Crippen MR) is 88.5 cm³/mol. The van der Waals surface area contributed by atoms with E-state index in [9.17, 15) is 8.42 Å². The van der Waals surface area contributed by atoms with Gasteiger partial charge in [0, 0.05) is 25.7 Å². The summed E-state index contributed by atoms with van der Waals surface area (Å²) >= 11 is 0. The maximum atomic E-state index is 12.2. The first-order valence-corrected chi connectivity index (χ1v) is 9.97. The number of aromatic nitrogens is 1. The number of nitrogens with zero attached hydrogens (tertiary/aromatic N) is 3. The van der Waals surface area contributed by atoms with E-state index in [-0.39, 0.29) is 5.25 Å². The van der Waals surface area contributed by atoms with Gasteiger partial charge in [0.05, 0.1) is 10.9 Å². The molecule has 6 nitrogen and oxygen atoms in total. The SMILES string of the molecule is Cc1noc(C)c1CN1CCC(CN(C)S(=O)(=O)C2CC2)CC1. The zero-order chi connectivity index (χ0) is 16.6.